The van der Waals surface area contributed by atoms with Crippen LogP contribution in [0.5, 0.6) is 5.75 Å². The summed E-state index contributed by atoms with van der Waals surface area (Å²) >= 11 is 0. The normalized spacial score (nSPS) is 12.5. The minimum atomic E-state index is -0.226. The Labute approximate surface area is 91.9 Å². The van der Waals surface area contributed by atoms with E-state index in [9.17, 15) is 0 Å². The fraction of sp³-hybridized carbons (Fsp3) is 0.538. The number of aliphatic hydroxyl groups excluding tert-OH is 1. The minimum Gasteiger partial charge on any atom is -0.494 e. The fourth-order valence-corrected chi connectivity index (χ4v) is 1.39. The summed E-state index contributed by atoms with van der Waals surface area (Å²) in [7, 11) is 0. The maximum absolute atomic E-state index is 9.06. The molecule has 0 aromatic heterocycles. The van der Waals surface area contributed by atoms with Crippen molar-refractivity contribution in [2.24, 2.45) is 0 Å². The van der Waals surface area contributed by atoms with Gasteiger partial charge in [-0.2, -0.15) is 0 Å². The van der Waals surface area contributed by atoms with Crippen molar-refractivity contribution in [3.63, 3.8) is 0 Å². The van der Waals surface area contributed by atoms with Gasteiger partial charge in [0.2, 0.25) is 0 Å². The lowest BCUT2D eigenvalue weighted by molar-refractivity contribution is 0.170. The van der Waals surface area contributed by atoms with Crippen molar-refractivity contribution in [2.75, 3.05) is 6.61 Å². The molecule has 0 bridgehead atoms. The van der Waals surface area contributed by atoms with Gasteiger partial charge >= 0.3 is 0 Å². The molecule has 0 aliphatic heterocycles. The predicted octanol–water partition coefficient (Wildman–Crippen LogP) is 2.79. The lowest BCUT2D eigenvalue weighted by Gasteiger charge is -2.07. The summed E-state index contributed by atoms with van der Waals surface area (Å²) in [6, 6.07) is 8.18. The Morgan fingerprint density at radius 3 is 2.47 bits per heavy atom. The van der Waals surface area contributed by atoms with Crippen molar-refractivity contribution < 1.29 is 9.84 Å². The summed E-state index contributed by atoms with van der Waals surface area (Å²) in [5.41, 5.74) is 1.33. The van der Waals surface area contributed by atoms with Gasteiger partial charge in [0.15, 0.2) is 0 Å². The number of aryl methyl sites for hydroxylation is 1. The van der Waals surface area contributed by atoms with Crippen molar-refractivity contribution in [1.29, 1.82) is 0 Å². The Morgan fingerprint density at radius 1 is 1.27 bits per heavy atom. The number of aliphatic hydroxyl groups is 1. The van der Waals surface area contributed by atoms with Gasteiger partial charge in [-0.05, 0) is 43.9 Å². The molecule has 1 rings (SSSR count). The highest BCUT2D eigenvalue weighted by Crippen LogP contribution is 2.13. The molecule has 1 aromatic rings. The molecule has 0 amide bonds. The molecule has 1 aromatic carbocycles. The summed E-state index contributed by atoms with van der Waals surface area (Å²) in [6.45, 7) is 4.62. The first-order chi connectivity index (χ1) is 7.22. The van der Waals surface area contributed by atoms with Gasteiger partial charge in [0.25, 0.3) is 0 Å². The van der Waals surface area contributed by atoms with Crippen LogP contribution in [-0.4, -0.2) is 17.8 Å². The highest BCUT2D eigenvalue weighted by Gasteiger charge is 1.97. The van der Waals surface area contributed by atoms with Crippen LogP contribution in [0.3, 0.4) is 0 Å². The van der Waals surface area contributed by atoms with Crippen LogP contribution in [0.15, 0.2) is 24.3 Å². The maximum Gasteiger partial charge on any atom is 0.119 e. The van der Waals surface area contributed by atoms with Crippen molar-refractivity contribution in [3.8, 4) is 5.75 Å². The van der Waals surface area contributed by atoms with E-state index in [0.717, 1.165) is 25.0 Å². The smallest absolute Gasteiger partial charge is 0.119 e. The van der Waals surface area contributed by atoms with Gasteiger partial charge in [-0.1, -0.05) is 19.1 Å². The van der Waals surface area contributed by atoms with E-state index in [1.54, 1.807) is 6.92 Å². The monoisotopic (exact) mass is 208 g/mol. The molecule has 0 radical (unpaired) electrons. The van der Waals surface area contributed by atoms with Gasteiger partial charge in [-0.25, -0.2) is 0 Å². The van der Waals surface area contributed by atoms with Crippen molar-refractivity contribution in [3.05, 3.63) is 29.8 Å². The second-order valence-electron chi connectivity index (χ2n) is 3.84. The van der Waals surface area contributed by atoms with Crippen molar-refractivity contribution in [1.82, 2.24) is 0 Å². The molecule has 0 spiro atoms. The number of rotatable bonds is 6. The molecule has 0 saturated carbocycles. The van der Waals surface area contributed by atoms with Crippen molar-refractivity contribution >= 4 is 0 Å². The topological polar surface area (TPSA) is 29.5 Å². The summed E-state index contributed by atoms with van der Waals surface area (Å²) in [5, 5.41) is 9.06. The average Bonchev–Trinajstić information content (AvgIpc) is 2.25. The van der Waals surface area contributed by atoms with Gasteiger partial charge in [-0.3, -0.25) is 0 Å². The van der Waals surface area contributed by atoms with Crippen LogP contribution in [0.2, 0.25) is 0 Å². The van der Waals surface area contributed by atoms with Gasteiger partial charge < -0.3 is 9.84 Å². The highest BCUT2D eigenvalue weighted by molar-refractivity contribution is 5.27. The number of benzene rings is 1. The Hall–Kier alpha value is -1.02. The molecule has 0 saturated heterocycles. The molecule has 0 heterocycles. The van der Waals surface area contributed by atoms with Gasteiger partial charge in [0, 0.05) is 0 Å². The van der Waals surface area contributed by atoms with E-state index in [2.05, 4.69) is 19.1 Å². The van der Waals surface area contributed by atoms with E-state index >= 15 is 0 Å². The Morgan fingerprint density at radius 2 is 1.93 bits per heavy atom. The SMILES string of the molecule is CCc1ccc(OCCCC(C)O)cc1. The molecule has 0 fully saturated rings. The van der Waals surface area contributed by atoms with E-state index in [1.165, 1.54) is 5.56 Å². The van der Waals surface area contributed by atoms with E-state index in [4.69, 9.17) is 9.84 Å². The molecule has 15 heavy (non-hydrogen) atoms. The van der Waals surface area contributed by atoms with E-state index in [-0.39, 0.29) is 6.10 Å². The zero-order valence-corrected chi connectivity index (χ0v) is 9.57. The standard InChI is InChI=1S/C13H20O2/c1-3-12-6-8-13(9-7-12)15-10-4-5-11(2)14/h6-9,11,14H,3-5,10H2,1-2H3. The molecule has 0 aliphatic rings. The summed E-state index contributed by atoms with van der Waals surface area (Å²) in [4.78, 5) is 0. The van der Waals surface area contributed by atoms with Crippen molar-refractivity contribution in [2.45, 2.75) is 39.2 Å². The first-order valence-electron chi connectivity index (χ1n) is 5.62. The van der Waals surface area contributed by atoms with E-state index in [0.29, 0.717) is 6.61 Å². The third-order valence-corrected chi connectivity index (χ3v) is 2.37. The number of ether oxygens (including phenoxy) is 1. The van der Waals surface area contributed by atoms with E-state index < -0.39 is 0 Å². The van der Waals surface area contributed by atoms with Crippen LogP contribution in [0, 0.1) is 0 Å². The van der Waals surface area contributed by atoms with Crippen LogP contribution in [0.1, 0.15) is 32.3 Å². The van der Waals surface area contributed by atoms with E-state index in [1.807, 2.05) is 12.1 Å². The van der Waals surface area contributed by atoms with Crippen LogP contribution in [0.4, 0.5) is 0 Å². The van der Waals surface area contributed by atoms with Crippen LogP contribution < -0.4 is 4.74 Å². The zero-order valence-electron chi connectivity index (χ0n) is 9.57. The molecular weight excluding hydrogens is 188 g/mol. The Balaban J connectivity index is 2.25. The molecule has 1 atom stereocenters. The molecule has 0 aliphatic carbocycles. The van der Waals surface area contributed by atoms with Gasteiger partial charge in [0.1, 0.15) is 5.75 Å². The van der Waals surface area contributed by atoms with Gasteiger partial charge in [-0.15, -0.1) is 0 Å². The molecule has 2 heteroatoms. The van der Waals surface area contributed by atoms with Crippen LogP contribution in [0.25, 0.3) is 0 Å². The number of hydrogen-bond donors (Lipinski definition) is 1. The zero-order chi connectivity index (χ0) is 11.1. The molecule has 1 N–H and O–H groups in total. The highest BCUT2D eigenvalue weighted by atomic mass is 16.5. The lowest BCUT2D eigenvalue weighted by Crippen LogP contribution is -2.04. The molecule has 84 valence electrons. The molecule has 1 unspecified atom stereocenters. The summed E-state index contributed by atoms with van der Waals surface area (Å²) in [5.74, 6) is 0.915. The number of hydrogen-bond acceptors (Lipinski definition) is 2. The first kappa shape index (κ1) is 12.1. The summed E-state index contributed by atoms with van der Waals surface area (Å²) < 4.78 is 5.54. The fourth-order valence-electron chi connectivity index (χ4n) is 1.39. The van der Waals surface area contributed by atoms with Crippen LogP contribution in [-0.2, 0) is 6.42 Å². The molecular formula is C13H20O2. The van der Waals surface area contributed by atoms with Crippen LogP contribution >= 0.6 is 0 Å². The quantitative estimate of drug-likeness (QED) is 0.728. The lowest BCUT2D eigenvalue weighted by atomic mass is 10.2. The maximum atomic E-state index is 9.06. The largest absolute Gasteiger partial charge is 0.494 e. The second kappa shape index (κ2) is 6.46. The Bertz CT molecular complexity index is 264. The second-order valence-corrected chi connectivity index (χ2v) is 3.84. The predicted molar refractivity (Wildman–Crippen MR) is 62.2 cm³/mol. The minimum absolute atomic E-state index is 0.226. The summed E-state index contributed by atoms with van der Waals surface area (Å²) in [6.07, 6.45) is 2.53. The molecule has 2 nitrogen and oxygen atoms in total. The Kier molecular flexibility index (Phi) is 5.19. The van der Waals surface area contributed by atoms with Gasteiger partial charge in [0.05, 0.1) is 12.7 Å². The third kappa shape index (κ3) is 4.84. The average molecular weight is 208 g/mol. The first-order valence-corrected chi connectivity index (χ1v) is 5.62. The third-order valence-electron chi connectivity index (χ3n) is 2.37.